The van der Waals surface area contributed by atoms with Crippen LogP contribution in [0, 0.1) is 10.1 Å². The summed E-state index contributed by atoms with van der Waals surface area (Å²) < 4.78 is 0. The first kappa shape index (κ1) is 13.6. The molecule has 0 saturated carbocycles. The molecular weight excluding hydrogens is 232 g/mol. The first-order chi connectivity index (χ1) is 8.58. The molecule has 0 aliphatic carbocycles. The lowest BCUT2D eigenvalue weighted by atomic mass is 10.2. The number of hydrogen-bond acceptors (Lipinski definition) is 3. The highest BCUT2D eigenvalue weighted by Crippen LogP contribution is 2.13. The lowest BCUT2D eigenvalue weighted by molar-refractivity contribution is -0.384. The minimum Gasteiger partial charge on any atom is -0.331 e. The van der Waals surface area contributed by atoms with Crippen molar-refractivity contribution < 1.29 is 9.72 Å². The van der Waals surface area contributed by atoms with Crippen LogP contribution in [0.4, 0.5) is 5.69 Å². The van der Waals surface area contributed by atoms with Crippen LogP contribution < -0.4 is 0 Å². The molecule has 0 heterocycles. The highest BCUT2D eigenvalue weighted by molar-refractivity contribution is 5.87. The molecule has 5 heteroatoms. The quantitative estimate of drug-likeness (QED) is 0.335. The highest BCUT2D eigenvalue weighted by atomic mass is 16.6. The first-order valence-corrected chi connectivity index (χ1v) is 5.34. The molecule has 1 rings (SSSR count). The zero-order chi connectivity index (χ0) is 13.5. The molecule has 0 atom stereocenters. The topological polar surface area (TPSA) is 63.4 Å². The third kappa shape index (κ3) is 3.55. The fraction of sp³-hybridized carbons (Fsp3) is 0.154. The van der Waals surface area contributed by atoms with E-state index in [0.717, 1.165) is 5.56 Å². The molecule has 5 nitrogen and oxygen atoms in total. The molecule has 0 fully saturated rings. The van der Waals surface area contributed by atoms with Gasteiger partial charge in [-0.05, 0) is 11.6 Å². The lowest BCUT2D eigenvalue weighted by Crippen LogP contribution is -2.28. The smallest absolute Gasteiger partial charge is 0.269 e. The number of carbonyl (C=O) groups is 1. The second kappa shape index (κ2) is 6.34. The molecule has 0 bridgehead atoms. The summed E-state index contributed by atoms with van der Waals surface area (Å²) in [7, 11) is 0. The fourth-order valence-electron chi connectivity index (χ4n) is 1.46. The van der Waals surface area contributed by atoms with Gasteiger partial charge in [0.15, 0.2) is 0 Å². The van der Waals surface area contributed by atoms with Gasteiger partial charge in [-0.1, -0.05) is 24.8 Å². The molecule has 0 radical (unpaired) electrons. The maximum Gasteiger partial charge on any atom is 0.269 e. The Balaban J connectivity index is 2.80. The second-order valence-electron chi connectivity index (χ2n) is 3.64. The Bertz CT molecular complexity index is 466. The summed E-state index contributed by atoms with van der Waals surface area (Å²) in [6.07, 6.45) is 2.85. The molecule has 0 N–H and O–H groups in total. The number of nitro groups is 1. The molecule has 1 aromatic rings. The number of amides is 1. The van der Waals surface area contributed by atoms with Crippen LogP contribution in [-0.4, -0.2) is 22.3 Å². The Morgan fingerprint density at radius 1 is 1.33 bits per heavy atom. The number of rotatable bonds is 6. The van der Waals surface area contributed by atoms with Gasteiger partial charge < -0.3 is 4.90 Å². The number of non-ortho nitro benzene ring substituents is 1. The van der Waals surface area contributed by atoms with Gasteiger partial charge in [-0.2, -0.15) is 0 Å². The Morgan fingerprint density at radius 2 is 1.94 bits per heavy atom. The van der Waals surface area contributed by atoms with Crippen LogP contribution >= 0.6 is 0 Å². The summed E-state index contributed by atoms with van der Waals surface area (Å²) in [6, 6.07) is 6.09. The van der Waals surface area contributed by atoms with E-state index in [0.29, 0.717) is 13.1 Å². The van der Waals surface area contributed by atoms with Crippen LogP contribution in [0.25, 0.3) is 0 Å². The molecule has 0 aliphatic rings. The van der Waals surface area contributed by atoms with Crippen LogP contribution in [0.3, 0.4) is 0 Å². The van der Waals surface area contributed by atoms with Gasteiger partial charge in [0.1, 0.15) is 0 Å². The summed E-state index contributed by atoms with van der Waals surface area (Å²) in [5.41, 5.74) is 0.849. The Morgan fingerprint density at radius 3 is 2.39 bits per heavy atom. The maximum atomic E-state index is 11.5. The summed E-state index contributed by atoms with van der Waals surface area (Å²) in [5, 5.41) is 10.5. The third-order valence-corrected chi connectivity index (χ3v) is 2.36. The summed E-state index contributed by atoms with van der Waals surface area (Å²) in [4.78, 5) is 23.1. The molecule has 0 aliphatic heterocycles. The minimum absolute atomic E-state index is 0.0315. The fourth-order valence-corrected chi connectivity index (χ4v) is 1.46. The van der Waals surface area contributed by atoms with Gasteiger partial charge in [-0.25, -0.2) is 0 Å². The van der Waals surface area contributed by atoms with E-state index in [1.807, 2.05) is 0 Å². The summed E-state index contributed by atoms with van der Waals surface area (Å²) in [6.45, 7) is 7.78. The predicted molar refractivity (Wildman–Crippen MR) is 68.9 cm³/mol. The first-order valence-electron chi connectivity index (χ1n) is 5.34. The van der Waals surface area contributed by atoms with Crippen LogP contribution in [0.2, 0.25) is 0 Å². The Kier molecular flexibility index (Phi) is 4.80. The van der Waals surface area contributed by atoms with Gasteiger partial charge in [0.05, 0.1) is 4.92 Å². The van der Waals surface area contributed by atoms with Crippen molar-refractivity contribution in [1.29, 1.82) is 0 Å². The molecule has 18 heavy (non-hydrogen) atoms. The zero-order valence-corrected chi connectivity index (χ0v) is 9.91. The van der Waals surface area contributed by atoms with Gasteiger partial charge in [0.2, 0.25) is 5.91 Å². The SMILES string of the molecule is C=CCN(Cc1ccc([N+](=O)[O-])cc1)C(=O)C=C. The maximum absolute atomic E-state index is 11.5. The van der Waals surface area contributed by atoms with Crippen molar-refractivity contribution in [1.82, 2.24) is 4.90 Å². The molecule has 0 spiro atoms. The zero-order valence-electron chi connectivity index (χ0n) is 9.91. The standard InChI is InChI=1S/C13H14N2O3/c1-3-9-14(13(16)4-2)10-11-5-7-12(8-6-11)15(17)18/h3-8H,1-2,9-10H2. The molecular formula is C13H14N2O3. The predicted octanol–water partition coefficient (Wildman–Crippen LogP) is 2.30. The number of carbonyl (C=O) groups excluding carboxylic acids is 1. The molecule has 0 aromatic heterocycles. The van der Waals surface area contributed by atoms with Crippen LogP contribution in [0.1, 0.15) is 5.56 Å². The van der Waals surface area contributed by atoms with E-state index >= 15 is 0 Å². The molecule has 0 saturated heterocycles. The van der Waals surface area contributed by atoms with Gasteiger partial charge in [0, 0.05) is 25.2 Å². The van der Waals surface area contributed by atoms with E-state index in [2.05, 4.69) is 13.2 Å². The van der Waals surface area contributed by atoms with Crippen molar-refractivity contribution in [2.24, 2.45) is 0 Å². The summed E-state index contributed by atoms with van der Waals surface area (Å²) >= 11 is 0. The van der Waals surface area contributed by atoms with Crippen molar-refractivity contribution in [2.75, 3.05) is 6.54 Å². The third-order valence-electron chi connectivity index (χ3n) is 2.36. The molecule has 0 unspecified atom stereocenters. The van der Waals surface area contributed by atoms with Gasteiger partial charge in [-0.3, -0.25) is 14.9 Å². The van der Waals surface area contributed by atoms with Gasteiger partial charge >= 0.3 is 0 Å². The lowest BCUT2D eigenvalue weighted by Gasteiger charge is -2.19. The van der Waals surface area contributed by atoms with E-state index in [-0.39, 0.29) is 11.6 Å². The van der Waals surface area contributed by atoms with E-state index in [4.69, 9.17) is 0 Å². The van der Waals surface area contributed by atoms with Gasteiger partial charge in [0.25, 0.3) is 5.69 Å². The van der Waals surface area contributed by atoms with E-state index in [1.165, 1.54) is 18.2 Å². The van der Waals surface area contributed by atoms with Crippen molar-refractivity contribution >= 4 is 11.6 Å². The molecule has 1 aromatic carbocycles. The average molecular weight is 246 g/mol. The molecule has 94 valence electrons. The minimum atomic E-state index is -0.458. The monoisotopic (exact) mass is 246 g/mol. The van der Waals surface area contributed by atoms with Crippen molar-refractivity contribution in [3.05, 3.63) is 65.3 Å². The van der Waals surface area contributed by atoms with Crippen molar-refractivity contribution in [3.8, 4) is 0 Å². The van der Waals surface area contributed by atoms with E-state index in [1.54, 1.807) is 23.1 Å². The largest absolute Gasteiger partial charge is 0.331 e. The van der Waals surface area contributed by atoms with Crippen LogP contribution in [0.15, 0.2) is 49.6 Å². The number of benzene rings is 1. The summed E-state index contributed by atoms with van der Waals surface area (Å²) in [5.74, 6) is -0.201. The Labute approximate surface area is 105 Å². The number of nitrogens with zero attached hydrogens (tertiary/aromatic N) is 2. The second-order valence-corrected chi connectivity index (χ2v) is 3.64. The molecule has 1 amide bonds. The van der Waals surface area contributed by atoms with E-state index in [9.17, 15) is 14.9 Å². The van der Waals surface area contributed by atoms with E-state index < -0.39 is 4.92 Å². The van der Waals surface area contributed by atoms with Crippen molar-refractivity contribution in [2.45, 2.75) is 6.54 Å². The highest BCUT2D eigenvalue weighted by Gasteiger charge is 2.10. The van der Waals surface area contributed by atoms with Crippen LogP contribution in [0.5, 0.6) is 0 Å². The average Bonchev–Trinajstić information content (AvgIpc) is 2.38. The number of hydrogen-bond donors (Lipinski definition) is 0. The number of nitro benzene ring substituents is 1. The normalized spacial score (nSPS) is 9.56. The van der Waals surface area contributed by atoms with Crippen LogP contribution in [-0.2, 0) is 11.3 Å². The van der Waals surface area contributed by atoms with Crippen molar-refractivity contribution in [3.63, 3.8) is 0 Å². The Hall–Kier alpha value is -2.43. The van der Waals surface area contributed by atoms with Gasteiger partial charge in [-0.15, -0.1) is 6.58 Å².